The molecule has 2 aromatic carbocycles. The van der Waals surface area contributed by atoms with Crippen LogP contribution in [0.15, 0.2) is 73.1 Å². The molecule has 6 rings (SSSR count). The highest BCUT2D eigenvalue weighted by atomic mass is 16.5. The molecule has 0 aliphatic carbocycles. The van der Waals surface area contributed by atoms with Crippen molar-refractivity contribution in [3.05, 3.63) is 73.1 Å². The number of benzene rings is 2. The van der Waals surface area contributed by atoms with E-state index in [9.17, 15) is 0 Å². The topological polar surface area (TPSA) is 85.3 Å². The molecular formula is C28H26N6O2. The largest absolute Gasteiger partial charge is 0.495 e. The second-order valence-electron chi connectivity index (χ2n) is 8.77. The van der Waals surface area contributed by atoms with Crippen LogP contribution < -0.4 is 19.7 Å². The molecule has 0 saturated carbocycles. The number of anilines is 3. The van der Waals surface area contributed by atoms with Crippen molar-refractivity contribution < 1.29 is 9.47 Å². The standard InChI is InChI=1S/C28H26N6O2/c1-35-21-17-24-26(30-18-21)25(13-14-29-24)36-20-11-9-19(10-12-20)31-27-22-7-3-4-8-23(22)28(33-32-27)34-15-5-2-6-16-34/h3-4,7-14,17-18H,2,5-6,15-16H2,1H3,(H,31,32). The van der Waals surface area contributed by atoms with Gasteiger partial charge in [0.1, 0.15) is 17.0 Å². The lowest BCUT2D eigenvalue weighted by Crippen LogP contribution is -2.30. The van der Waals surface area contributed by atoms with E-state index in [1.165, 1.54) is 19.3 Å². The van der Waals surface area contributed by atoms with Crippen molar-refractivity contribution in [3.63, 3.8) is 0 Å². The molecule has 8 heteroatoms. The fourth-order valence-electron chi connectivity index (χ4n) is 4.57. The van der Waals surface area contributed by atoms with E-state index in [2.05, 4.69) is 48.6 Å². The van der Waals surface area contributed by atoms with Gasteiger partial charge in [-0.05, 0) is 43.5 Å². The Labute approximate surface area is 208 Å². The maximum atomic E-state index is 6.12. The van der Waals surface area contributed by atoms with Crippen LogP contribution in [-0.4, -0.2) is 40.4 Å². The first-order valence-corrected chi connectivity index (χ1v) is 12.1. The molecule has 0 atom stereocenters. The molecule has 1 aliphatic rings. The summed E-state index contributed by atoms with van der Waals surface area (Å²) in [5.41, 5.74) is 2.29. The predicted octanol–water partition coefficient (Wildman–Crippen LogP) is 6.11. The Balaban J connectivity index is 1.23. The molecule has 36 heavy (non-hydrogen) atoms. The number of pyridine rings is 2. The van der Waals surface area contributed by atoms with Crippen molar-refractivity contribution in [1.29, 1.82) is 0 Å². The summed E-state index contributed by atoms with van der Waals surface area (Å²) < 4.78 is 11.4. The number of nitrogens with zero attached hydrogens (tertiary/aromatic N) is 5. The van der Waals surface area contributed by atoms with Gasteiger partial charge in [-0.25, -0.2) is 4.98 Å². The maximum absolute atomic E-state index is 6.12. The minimum atomic E-state index is 0.633. The summed E-state index contributed by atoms with van der Waals surface area (Å²) >= 11 is 0. The lowest BCUT2D eigenvalue weighted by atomic mass is 10.1. The number of fused-ring (bicyclic) bond motifs is 2. The summed E-state index contributed by atoms with van der Waals surface area (Å²) in [5, 5.41) is 14.8. The number of ether oxygens (including phenoxy) is 2. The number of hydrogen-bond acceptors (Lipinski definition) is 8. The average Bonchev–Trinajstić information content (AvgIpc) is 2.94. The molecule has 3 aromatic heterocycles. The molecule has 1 fully saturated rings. The van der Waals surface area contributed by atoms with Crippen LogP contribution in [0.5, 0.6) is 17.2 Å². The van der Waals surface area contributed by atoms with Crippen LogP contribution in [0.2, 0.25) is 0 Å². The number of aromatic nitrogens is 4. The second kappa shape index (κ2) is 9.65. The highest BCUT2D eigenvalue weighted by Crippen LogP contribution is 2.33. The maximum Gasteiger partial charge on any atom is 0.161 e. The Morgan fingerprint density at radius 3 is 2.44 bits per heavy atom. The van der Waals surface area contributed by atoms with Gasteiger partial charge in [0.15, 0.2) is 17.4 Å². The van der Waals surface area contributed by atoms with Crippen molar-refractivity contribution in [3.8, 4) is 17.2 Å². The van der Waals surface area contributed by atoms with Crippen LogP contribution in [0.3, 0.4) is 0 Å². The lowest BCUT2D eigenvalue weighted by molar-refractivity contribution is 0.413. The lowest BCUT2D eigenvalue weighted by Gasteiger charge is -2.28. The van der Waals surface area contributed by atoms with Crippen molar-refractivity contribution in [1.82, 2.24) is 20.2 Å². The number of hydrogen-bond donors (Lipinski definition) is 1. The molecule has 8 nitrogen and oxygen atoms in total. The molecule has 5 aromatic rings. The number of piperidine rings is 1. The van der Waals surface area contributed by atoms with Crippen molar-refractivity contribution in [2.75, 3.05) is 30.4 Å². The number of rotatable bonds is 6. The van der Waals surface area contributed by atoms with Gasteiger partial charge >= 0.3 is 0 Å². The van der Waals surface area contributed by atoms with E-state index in [0.717, 1.165) is 41.2 Å². The van der Waals surface area contributed by atoms with Crippen molar-refractivity contribution in [2.24, 2.45) is 0 Å². The van der Waals surface area contributed by atoms with Crippen LogP contribution in [0, 0.1) is 0 Å². The smallest absolute Gasteiger partial charge is 0.161 e. The minimum absolute atomic E-state index is 0.633. The van der Waals surface area contributed by atoms with E-state index in [1.54, 1.807) is 25.6 Å². The molecule has 0 radical (unpaired) electrons. The van der Waals surface area contributed by atoms with Gasteiger partial charge in [0.25, 0.3) is 0 Å². The highest BCUT2D eigenvalue weighted by Gasteiger charge is 2.17. The molecule has 0 unspecified atom stereocenters. The highest BCUT2D eigenvalue weighted by molar-refractivity contribution is 5.99. The Hall–Kier alpha value is -4.46. The Morgan fingerprint density at radius 2 is 1.64 bits per heavy atom. The summed E-state index contributed by atoms with van der Waals surface area (Å²) in [4.78, 5) is 11.2. The molecule has 0 amide bonds. The van der Waals surface area contributed by atoms with E-state index in [0.29, 0.717) is 28.3 Å². The van der Waals surface area contributed by atoms with Gasteiger partial charge in [0.05, 0.1) is 18.8 Å². The molecule has 0 spiro atoms. The first kappa shape index (κ1) is 22.0. The Bertz CT molecular complexity index is 1520. The van der Waals surface area contributed by atoms with Gasteiger partial charge in [-0.3, -0.25) is 4.98 Å². The van der Waals surface area contributed by atoms with Gasteiger partial charge in [0, 0.05) is 47.9 Å². The average molecular weight is 479 g/mol. The fraction of sp³-hybridized carbons (Fsp3) is 0.214. The van der Waals surface area contributed by atoms with Gasteiger partial charge in [-0.2, -0.15) is 0 Å². The van der Waals surface area contributed by atoms with Gasteiger partial charge in [-0.1, -0.05) is 24.3 Å². The zero-order chi connectivity index (χ0) is 24.3. The third-order valence-corrected chi connectivity index (χ3v) is 6.42. The third kappa shape index (κ3) is 4.33. The quantitative estimate of drug-likeness (QED) is 0.313. The summed E-state index contributed by atoms with van der Waals surface area (Å²) in [6, 6.07) is 19.7. The van der Waals surface area contributed by atoms with Crippen LogP contribution in [-0.2, 0) is 0 Å². The van der Waals surface area contributed by atoms with Crippen LogP contribution in [0.25, 0.3) is 21.8 Å². The summed E-state index contributed by atoms with van der Waals surface area (Å²) in [6.45, 7) is 2.06. The zero-order valence-electron chi connectivity index (χ0n) is 20.0. The van der Waals surface area contributed by atoms with Crippen molar-refractivity contribution in [2.45, 2.75) is 19.3 Å². The number of methoxy groups -OCH3 is 1. The first-order valence-electron chi connectivity index (χ1n) is 12.1. The van der Waals surface area contributed by atoms with Gasteiger partial charge in [0.2, 0.25) is 0 Å². The Morgan fingerprint density at radius 1 is 0.833 bits per heavy atom. The predicted molar refractivity (Wildman–Crippen MR) is 141 cm³/mol. The van der Waals surface area contributed by atoms with E-state index in [-0.39, 0.29) is 0 Å². The summed E-state index contributed by atoms with van der Waals surface area (Å²) in [6.07, 6.45) is 7.04. The van der Waals surface area contributed by atoms with E-state index >= 15 is 0 Å². The van der Waals surface area contributed by atoms with Crippen LogP contribution in [0.4, 0.5) is 17.3 Å². The van der Waals surface area contributed by atoms with E-state index in [1.807, 2.05) is 36.4 Å². The fourth-order valence-corrected chi connectivity index (χ4v) is 4.57. The van der Waals surface area contributed by atoms with Gasteiger partial charge < -0.3 is 19.7 Å². The molecule has 180 valence electrons. The van der Waals surface area contributed by atoms with Crippen LogP contribution in [0.1, 0.15) is 19.3 Å². The van der Waals surface area contributed by atoms with Gasteiger partial charge in [-0.15, -0.1) is 10.2 Å². The molecule has 1 saturated heterocycles. The molecule has 1 aliphatic heterocycles. The molecule has 0 bridgehead atoms. The molecular weight excluding hydrogens is 452 g/mol. The Kier molecular flexibility index (Phi) is 5.91. The molecule has 1 N–H and O–H groups in total. The van der Waals surface area contributed by atoms with Crippen molar-refractivity contribution >= 4 is 39.1 Å². The zero-order valence-corrected chi connectivity index (χ0v) is 20.0. The number of nitrogens with one attached hydrogen (secondary N) is 1. The second-order valence-corrected chi connectivity index (χ2v) is 8.77. The SMILES string of the molecule is COc1cnc2c(Oc3ccc(Nc4nnc(N5CCCCC5)c5ccccc45)cc3)ccnc2c1. The first-order chi connectivity index (χ1) is 17.8. The van der Waals surface area contributed by atoms with Crippen LogP contribution >= 0.6 is 0 Å². The monoisotopic (exact) mass is 478 g/mol. The molecule has 4 heterocycles. The van der Waals surface area contributed by atoms with E-state index in [4.69, 9.17) is 9.47 Å². The summed E-state index contributed by atoms with van der Waals surface area (Å²) in [7, 11) is 1.61. The summed E-state index contributed by atoms with van der Waals surface area (Å²) in [5.74, 6) is 3.69. The normalized spacial score (nSPS) is 13.6. The van der Waals surface area contributed by atoms with E-state index < -0.39 is 0 Å². The minimum Gasteiger partial charge on any atom is -0.495 e. The third-order valence-electron chi connectivity index (χ3n) is 6.42.